The second kappa shape index (κ2) is 7.17. The Hall–Kier alpha value is -1.78. The molecule has 3 N–H and O–H groups in total. The van der Waals surface area contributed by atoms with E-state index >= 15 is 0 Å². The minimum atomic E-state index is -1.10. The third-order valence-corrected chi connectivity index (χ3v) is 8.03. The van der Waals surface area contributed by atoms with Crippen LogP contribution < -0.4 is 5.32 Å². The number of rotatable bonds is 5. The monoisotopic (exact) mass is 424 g/mol. The van der Waals surface area contributed by atoms with Crippen LogP contribution in [0.3, 0.4) is 0 Å². The molecular formula is C19H28N4O5S. The van der Waals surface area contributed by atoms with E-state index in [-0.39, 0.29) is 47.1 Å². The maximum absolute atomic E-state index is 12.5. The first-order valence-corrected chi connectivity index (χ1v) is 10.9. The molecule has 0 radical (unpaired) electrons. The van der Waals surface area contributed by atoms with E-state index in [1.54, 1.807) is 6.92 Å². The van der Waals surface area contributed by atoms with Crippen molar-refractivity contribution in [2.45, 2.75) is 56.8 Å². The summed E-state index contributed by atoms with van der Waals surface area (Å²) in [7, 11) is 1.98. The molecule has 4 aliphatic rings. The molecule has 29 heavy (non-hydrogen) atoms. The highest BCUT2D eigenvalue weighted by molar-refractivity contribution is 8.03. The first-order chi connectivity index (χ1) is 13.6. The summed E-state index contributed by atoms with van der Waals surface area (Å²) in [6.45, 7) is 6.88. The lowest BCUT2D eigenvalue weighted by Crippen LogP contribution is -2.63. The molecule has 9 nitrogen and oxygen atoms in total. The molecule has 0 saturated carbocycles. The van der Waals surface area contributed by atoms with Crippen LogP contribution in [0.15, 0.2) is 10.6 Å². The standard InChI is InChI=1S/C19H28N4O5S/c1-8-6-22(19(28)20-8)12-5-11(7-21(12)4)29-16-9(2)14-13(10(3)24)17(25)23(14)15(16)18(26)27/h8-14,24H,5-7H2,1-4H3,(H,20,28)(H,26,27)/t8?,9-,10-,11+,12+,13-,14-/m1/s1. The Labute approximate surface area is 174 Å². The normalized spacial score (nSPS) is 38.4. The van der Waals surface area contributed by atoms with E-state index in [0.717, 1.165) is 13.0 Å². The van der Waals surface area contributed by atoms with Gasteiger partial charge in [-0.25, -0.2) is 9.59 Å². The van der Waals surface area contributed by atoms with Crippen LogP contribution in [-0.2, 0) is 9.59 Å². The molecule has 0 bridgehead atoms. The summed E-state index contributed by atoms with van der Waals surface area (Å²) in [4.78, 5) is 42.7. The third-order valence-electron chi connectivity index (χ3n) is 6.54. The minimum absolute atomic E-state index is 0.0214. The zero-order valence-corrected chi connectivity index (χ0v) is 17.8. The summed E-state index contributed by atoms with van der Waals surface area (Å²) in [5, 5.41) is 22.8. The van der Waals surface area contributed by atoms with Gasteiger partial charge < -0.3 is 25.3 Å². The Balaban J connectivity index is 1.52. The summed E-state index contributed by atoms with van der Waals surface area (Å²) in [5.41, 5.74) is 0.0630. The fraction of sp³-hybridized carbons (Fsp3) is 0.737. The molecule has 0 aliphatic carbocycles. The molecule has 0 aromatic carbocycles. The minimum Gasteiger partial charge on any atom is -0.477 e. The Morgan fingerprint density at radius 1 is 1.28 bits per heavy atom. The van der Waals surface area contributed by atoms with E-state index in [4.69, 9.17) is 0 Å². The molecule has 3 saturated heterocycles. The fourth-order valence-electron chi connectivity index (χ4n) is 5.22. The molecule has 3 amide bonds. The largest absolute Gasteiger partial charge is 0.477 e. The molecule has 0 aromatic heterocycles. The van der Waals surface area contributed by atoms with Crippen molar-refractivity contribution in [3.63, 3.8) is 0 Å². The van der Waals surface area contributed by atoms with Gasteiger partial charge in [0, 0.05) is 35.2 Å². The summed E-state index contributed by atoms with van der Waals surface area (Å²) in [6, 6.07) is -0.240. The number of likely N-dealkylation sites (tertiary alicyclic amines) is 1. The van der Waals surface area contributed by atoms with Gasteiger partial charge in [-0.1, -0.05) is 6.92 Å². The van der Waals surface area contributed by atoms with Crippen molar-refractivity contribution in [1.29, 1.82) is 0 Å². The number of thioether (sulfide) groups is 1. The highest BCUT2D eigenvalue weighted by Gasteiger charge is 2.60. The van der Waals surface area contributed by atoms with E-state index < -0.39 is 18.0 Å². The summed E-state index contributed by atoms with van der Waals surface area (Å²) < 4.78 is 0. The summed E-state index contributed by atoms with van der Waals surface area (Å²) in [5.74, 6) is -2.10. The molecule has 7 atom stereocenters. The number of β-lactam (4-membered cyclic amide) rings is 1. The first-order valence-electron chi connectivity index (χ1n) is 10.0. The van der Waals surface area contributed by atoms with Crippen molar-refractivity contribution in [3.8, 4) is 0 Å². The van der Waals surface area contributed by atoms with Crippen molar-refractivity contribution in [2.75, 3.05) is 20.1 Å². The van der Waals surface area contributed by atoms with E-state index in [1.165, 1.54) is 16.7 Å². The number of carboxylic acids is 1. The smallest absolute Gasteiger partial charge is 0.353 e. The number of nitrogens with one attached hydrogen (secondary N) is 1. The Bertz CT molecular complexity index is 787. The van der Waals surface area contributed by atoms with Gasteiger partial charge in [0.05, 0.1) is 24.2 Å². The summed E-state index contributed by atoms with van der Waals surface area (Å²) >= 11 is 1.51. The van der Waals surface area contributed by atoms with Gasteiger partial charge in [-0.15, -0.1) is 11.8 Å². The number of aliphatic hydroxyl groups excluding tert-OH is 1. The van der Waals surface area contributed by atoms with Crippen molar-refractivity contribution in [3.05, 3.63) is 10.6 Å². The second-order valence-corrected chi connectivity index (χ2v) is 10.0. The topological polar surface area (TPSA) is 113 Å². The van der Waals surface area contributed by atoms with Crippen LogP contribution in [0.2, 0.25) is 0 Å². The fourth-order valence-corrected chi connectivity index (χ4v) is 6.80. The van der Waals surface area contributed by atoms with Crippen LogP contribution in [0, 0.1) is 11.8 Å². The predicted molar refractivity (Wildman–Crippen MR) is 107 cm³/mol. The Morgan fingerprint density at radius 3 is 2.52 bits per heavy atom. The van der Waals surface area contributed by atoms with E-state index in [9.17, 15) is 24.6 Å². The highest BCUT2D eigenvalue weighted by Crippen LogP contribution is 2.52. The van der Waals surface area contributed by atoms with Crippen molar-refractivity contribution in [1.82, 2.24) is 20.0 Å². The van der Waals surface area contributed by atoms with Crippen molar-refractivity contribution < 1.29 is 24.6 Å². The molecule has 0 spiro atoms. The third kappa shape index (κ3) is 3.12. The number of fused-ring (bicyclic) bond motifs is 1. The maximum atomic E-state index is 12.5. The zero-order chi connectivity index (χ0) is 21.2. The van der Waals surface area contributed by atoms with Gasteiger partial charge in [0.25, 0.3) is 0 Å². The van der Waals surface area contributed by atoms with Gasteiger partial charge in [0.15, 0.2) is 0 Å². The van der Waals surface area contributed by atoms with Gasteiger partial charge in [0.2, 0.25) is 5.91 Å². The average Bonchev–Trinajstić information content (AvgIpc) is 3.21. The number of urea groups is 1. The van der Waals surface area contributed by atoms with Gasteiger partial charge in [-0.05, 0) is 27.3 Å². The van der Waals surface area contributed by atoms with Crippen LogP contribution in [0.4, 0.5) is 4.79 Å². The van der Waals surface area contributed by atoms with Crippen LogP contribution >= 0.6 is 11.8 Å². The predicted octanol–water partition coefficient (Wildman–Crippen LogP) is 0.317. The quantitative estimate of drug-likeness (QED) is 0.545. The van der Waals surface area contributed by atoms with Crippen LogP contribution in [-0.4, -0.2) is 92.6 Å². The highest BCUT2D eigenvalue weighted by atomic mass is 32.2. The van der Waals surface area contributed by atoms with Gasteiger partial charge >= 0.3 is 12.0 Å². The van der Waals surface area contributed by atoms with Gasteiger partial charge in [-0.3, -0.25) is 9.69 Å². The van der Waals surface area contributed by atoms with Crippen LogP contribution in [0.1, 0.15) is 27.2 Å². The van der Waals surface area contributed by atoms with E-state index in [2.05, 4.69) is 10.2 Å². The number of hydrogen-bond donors (Lipinski definition) is 3. The van der Waals surface area contributed by atoms with Gasteiger partial charge in [-0.2, -0.15) is 0 Å². The number of carbonyl (C=O) groups is 3. The van der Waals surface area contributed by atoms with Gasteiger partial charge in [0.1, 0.15) is 5.70 Å². The Kier molecular flexibility index (Phi) is 5.07. The molecule has 4 heterocycles. The molecule has 0 aromatic rings. The van der Waals surface area contributed by atoms with E-state index in [0.29, 0.717) is 11.4 Å². The molecule has 4 rings (SSSR count). The second-order valence-electron chi connectivity index (χ2n) is 8.67. The molecule has 4 aliphatic heterocycles. The molecule has 10 heteroatoms. The van der Waals surface area contributed by atoms with Crippen LogP contribution in [0.25, 0.3) is 0 Å². The van der Waals surface area contributed by atoms with Crippen molar-refractivity contribution in [2.24, 2.45) is 11.8 Å². The number of carboxylic acid groups (broad SMARTS) is 1. The SMILES string of the molecule is CC1CN([C@H]2C[C@H](SC3=C(C(=O)O)N4C(=O)[C@H]([C@@H](C)O)[C@H]4[C@H]3C)CN2C)C(=O)N1. The van der Waals surface area contributed by atoms with Crippen molar-refractivity contribution >= 4 is 29.7 Å². The number of carbonyl (C=O) groups excluding carboxylic acids is 2. The maximum Gasteiger partial charge on any atom is 0.353 e. The van der Waals surface area contributed by atoms with Crippen LogP contribution in [0.5, 0.6) is 0 Å². The lowest BCUT2D eigenvalue weighted by atomic mass is 9.79. The molecule has 160 valence electrons. The Morgan fingerprint density at radius 2 is 1.97 bits per heavy atom. The number of hydrogen-bond acceptors (Lipinski definition) is 6. The molecule has 1 unspecified atom stereocenters. The van der Waals surface area contributed by atoms with E-state index in [1.807, 2.05) is 25.8 Å². The number of aliphatic carboxylic acids is 1. The molecular weight excluding hydrogens is 396 g/mol. The zero-order valence-electron chi connectivity index (χ0n) is 17.0. The lowest BCUT2D eigenvalue weighted by Gasteiger charge is -2.46. The number of nitrogens with zero attached hydrogens (tertiary/aromatic N) is 3. The number of aliphatic hydroxyl groups is 1. The first kappa shape index (κ1) is 20.5. The molecule has 3 fully saturated rings. The average molecular weight is 425 g/mol. The summed E-state index contributed by atoms with van der Waals surface area (Å²) in [6.07, 6.45) is -0.0850. The number of amides is 3. The lowest BCUT2D eigenvalue weighted by molar-refractivity contribution is -0.163.